The summed E-state index contributed by atoms with van der Waals surface area (Å²) in [4.78, 5) is 7.93. The Balaban J connectivity index is 0.000000235. The number of nitrogens with zero attached hydrogens (tertiary/aromatic N) is 2. The van der Waals surface area contributed by atoms with Crippen molar-refractivity contribution in [3.8, 4) is 28.5 Å². The minimum atomic E-state index is -4.69. The Morgan fingerprint density at radius 3 is 1.25 bits per heavy atom. The number of halogens is 15. The van der Waals surface area contributed by atoms with Gasteiger partial charge in [0.15, 0.2) is 34.9 Å². The molecule has 6 nitrogen and oxygen atoms in total. The number of hydrogen-bond donors (Lipinski definition) is 1. The predicted molar refractivity (Wildman–Crippen MR) is 205 cm³/mol. The molecule has 1 N–H and O–H groups in total. The van der Waals surface area contributed by atoms with Gasteiger partial charge in [-0.3, -0.25) is 4.98 Å². The lowest BCUT2D eigenvalue weighted by atomic mass is 10.1. The second-order valence-corrected chi connectivity index (χ2v) is 12.7. The molecule has 0 amide bonds. The molecule has 6 aromatic rings. The Labute approximate surface area is 359 Å². The van der Waals surface area contributed by atoms with Crippen molar-refractivity contribution < 1.29 is 80.6 Å². The minimum Gasteiger partial charge on any atom is -0.537 e. The highest BCUT2D eigenvalue weighted by Crippen LogP contribution is 2.39. The zero-order chi connectivity index (χ0) is 47.5. The van der Waals surface area contributed by atoms with E-state index in [0.29, 0.717) is 29.4 Å². The first-order valence-corrected chi connectivity index (χ1v) is 17.9. The zero-order valence-electron chi connectivity index (χ0n) is 32.2. The molecule has 0 spiro atoms. The lowest BCUT2D eigenvalue weighted by molar-refractivity contribution is -0.190. The van der Waals surface area contributed by atoms with Crippen LogP contribution in [-0.2, 0) is 12.2 Å². The molecule has 1 radical (unpaired) electrons. The van der Waals surface area contributed by atoms with E-state index in [9.17, 15) is 61.5 Å². The fourth-order valence-corrected chi connectivity index (χ4v) is 5.19. The van der Waals surface area contributed by atoms with Crippen LogP contribution >= 0.6 is 11.6 Å². The largest absolute Gasteiger partial charge is 0.569 e. The molecular weight excluding hydrogens is 909 g/mol. The first-order chi connectivity index (χ1) is 30.1. The van der Waals surface area contributed by atoms with Crippen molar-refractivity contribution >= 4 is 31.4 Å². The van der Waals surface area contributed by atoms with E-state index in [0.717, 1.165) is 11.1 Å². The van der Waals surface area contributed by atoms with E-state index in [1.807, 2.05) is 25.1 Å². The van der Waals surface area contributed by atoms with Gasteiger partial charge in [-0.15, -0.1) is 0 Å². The van der Waals surface area contributed by atoms with Gasteiger partial charge in [0.25, 0.3) is 0 Å². The Morgan fingerprint density at radius 1 is 0.531 bits per heavy atom. The SMILES string of the molecule is CC=Cc1ccc(-c2cc(F)c(C(F)(F)Oc3cc(F)c(F)c(F)c3)c(F)c2)nc1.CC=Cc1ccc(Cl)nc1.O[B]Oc1cc(F)c(C(F)(F)Oc2cc(F)c(F)c(F)c2)c(F)c1. The van der Waals surface area contributed by atoms with Crippen molar-refractivity contribution in [3.63, 3.8) is 0 Å². The van der Waals surface area contributed by atoms with Crippen LogP contribution in [0.25, 0.3) is 23.4 Å². The van der Waals surface area contributed by atoms with Gasteiger partial charge in [-0.05, 0) is 49.2 Å². The Morgan fingerprint density at radius 2 is 0.906 bits per heavy atom. The summed E-state index contributed by atoms with van der Waals surface area (Å²) in [6.07, 6.45) is 1.26. The van der Waals surface area contributed by atoms with Gasteiger partial charge in [-0.25, -0.2) is 48.9 Å². The number of hydrogen-bond acceptors (Lipinski definition) is 6. The summed E-state index contributed by atoms with van der Waals surface area (Å²) >= 11 is 5.58. The van der Waals surface area contributed by atoms with E-state index in [4.69, 9.17) is 16.6 Å². The molecule has 0 saturated heterocycles. The second-order valence-electron chi connectivity index (χ2n) is 12.3. The molecule has 22 heteroatoms. The summed E-state index contributed by atoms with van der Waals surface area (Å²) < 4.78 is 203. The minimum absolute atomic E-state index is 0.0621. The molecule has 0 fully saturated rings. The monoisotopic (exact) mass is 933 g/mol. The number of rotatable bonds is 11. The lowest BCUT2D eigenvalue weighted by Crippen LogP contribution is -2.25. The molecule has 0 atom stereocenters. The van der Waals surface area contributed by atoms with Crippen molar-refractivity contribution in [2.24, 2.45) is 0 Å². The molecule has 2 aromatic heterocycles. The smallest absolute Gasteiger partial charge is 0.537 e. The van der Waals surface area contributed by atoms with Crippen LogP contribution in [-0.4, -0.2) is 22.7 Å². The first kappa shape index (κ1) is 50.0. The number of pyridine rings is 2. The summed E-state index contributed by atoms with van der Waals surface area (Å²) in [6, 6.07) is 9.07. The average molecular weight is 934 g/mol. The van der Waals surface area contributed by atoms with Crippen molar-refractivity contribution in [3.05, 3.63) is 183 Å². The molecule has 6 rings (SSSR count). The summed E-state index contributed by atoms with van der Waals surface area (Å²) in [5.74, 6) is -21.0. The van der Waals surface area contributed by atoms with E-state index in [-0.39, 0.29) is 43.2 Å². The quantitative estimate of drug-likeness (QED) is 0.0604. The molecule has 0 unspecified atom stereocenters. The molecular formula is C42H25BClF14N2O4. The van der Waals surface area contributed by atoms with Crippen LogP contribution < -0.4 is 14.1 Å². The van der Waals surface area contributed by atoms with Crippen LogP contribution in [0.15, 0.2) is 97.3 Å². The highest BCUT2D eigenvalue weighted by atomic mass is 35.5. The van der Waals surface area contributed by atoms with Crippen LogP contribution in [0.1, 0.15) is 36.1 Å². The van der Waals surface area contributed by atoms with Crippen LogP contribution in [0.5, 0.6) is 17.2 Å². The van der Waals surface area contributed by atoms with Crippen LogP contribution in [0.3, 0.4) is 0 Å². The molecule has 0 aliphatic rings. The average Bonchev–Trinajstić information content (AvgIpc) is 3.20. The molecule has 0 saturated carbocycles. The fraction of sp³-hybridized carbons (Fsp3) is 0.0952. The number of ether oxygens (including phenoxy) is 2. The van der Waals surface area contributed by atoms with Gasteiger partial charge in [-0.2, -0.15) is 17.6 Å². The molecule has 4 aromatic carbocycles. The standard InChI is InChI=1S/C21H12F7NO.C13H5BF7O3.C8H8ClN/c1-2-3-11-4-5-18(29-10-11)12-6-14(22)19(15(23)7-12)21(27,28)30-13-8-16(24)20(26)17(25)9-13;15-7-3-6(24-14-22)4-8(16)11(7)13(20,21)23-5-1-9(17)12(19)10(18)2-5;1-2-3-7-4-5-8(9)10-6-7/h2-10H,1H3;1-4,22H;2-6H,1H3. The third-order valence-corrected chi connectivity index (χ3v) is 8.01. The molecule has 335 valence electrons. The van der Waals surface area contributed by atoms with E-state index in [1.54, 1.807) is 37.4 Å². The maximum absolute atomic E-state index is 14.4. The molecule has 0 bridgehead atoms. The fourth-order valence-electron chi connectivity index (χ4n) is 5.08. The van der Waals surface area contributed by atoms with Crippen LogP contribution in [0.4, 0.5) is 61.5 Å². The Bertz CT molecular complexity index is 2550. The van der Waals surface area contributed by atoms with Crippen molar-refractivity contribution in [1.29, 1.82) is 0 Å². The molecule has 0 aliphatic heterocycles. The van der Waals surface area contributed by atoms with Crippen LogP contribution in [0.2, 0.25) is 5.15 Å². The third-order valence-electron chi connectivity index (χ3n) is 7.79. The normalized spacial score (nSPS) is 11.5. The highest BCUT2D eigenvalue weighted by molar-refractivity contribution is 6.29. The van der Waals surface area contributed by atoms with E-state index in [2.05, 4.69) is 24.1 Å². The van der Waals surface area contributed by atoms with E-state index in [1.165, 1.54) is 12.3 Å². The van der Waals surface area contributed by atoms with Crippen molar-refractivity contribution in [1.82, 2.24) is 9.97 Å². The predicted octanol–water partition coefficient (Wildman–Crippen LogP) is 12.8. The third kappa shape index (κ3) is 13.0. The van der Waals surface area contributed by atoms with Gasteiger partial charge < -0.3 is 19.2 Å². The number of alkyl halides is 4. The topological polar surface area (TPSA) is 73.7 Å². The van der Waals surface area contributed by atoms with Gasteiger partial charge in [0.05, 0.1) is 5.69 Å². The lowest BCUT2D eigenvalue weighted by Gasteiger charge is -2.20. The summed E-state index contributed by atoms with van der Waals surface area (Å²) in [5.41, 5.74) is -1.85. The van der Waals surface area contributed by atoms with E-state index >= 15 is 0 Å². The van der Waals surface area contributed by atoms with Gasteiger partial charge in [-0.1, -0.05) is 48.0 Å². The summed E-state index contributed by atoms with van der Waals surface area (Å²) in [7, 11) is 0.0621. The van der Waals surface area contributed by atoms with Gasteiger partial charge >= 0.3 is 19.9 Å². The van der Waals surface area contributed by atoms with Gasteiger partial charge in [0.1, 0.15) is 56.8 Å². The zero-order valence-corrected chi connectivity index (χ0v) is 33.0. The highest BCUT2D eigenvalue weighted by Gasteiger charge is 2.43. The maximum Gasteiger partial charge on any atom is 0.569 e. The molecule has 0 aliphatic carbocycles. The number of benzene rings is 4. The van der Waals surface area contributed by atoms with Gasteiger partial charge in [0, 0.05) is 54.4 Å². The second kappa shape index (κ2) is 21.7. The molecule has 64 heavy (non-hydrogen) atoms. The first-order valence-electron chi connectivity index (χ1n) is 17.5. The van der Waals surface area contributed by atoms with Crippen molar-refractivity contribution in [2.45, 2.75) is 26.1 Å². The summed E-state index contributed by atoms with van der Waals surface area (Å²) in [5, 5.41) is 8.87. The summed E-state index contributed by atoms with van der Waals surface area (Å²) in [6.45, 7) is 3.75. The van der Waals surface area contributed by atoms with Gasteiger partial charge in [0.2, 0.25) is 0 Å². The molecule has 2 heterocycles. The van der Waals surface area contributed by atoms with E-state index < -0.39 is 98.8 Å². The maximum atomic E-state index is 14.4. The Hall–Kier alpha value is -6.61. The number of allylic oxidation sites excluding steroid dienone is 2. The van der Waals surface area contributed by atoms with Crippen LogP contribution in [0, 0.1) is 58.2 Å². The Kier molecular flexibility index (Phi) is 16.9. The van der Waals surface area contributed by atoms with Crippen molar-refractivity contribution in [2.75, 3.05) is 0 Å². The number of aromatic nitrogens is 2.